The first-order valence-corrected chi connectivity index (χ1v) is 4.84. The molecule has 2 heterocycles. The van der Waals surface area contributed by atoms with Crippen LogP contribution in [0.5, 0.6) is 11.5 Å². The van der Waals surface area contributed by atoms with Crippen molar-refractivity contribution in [2.24, 2.45) is 0 Å². The summed E-state index contributed by atoms with van der Waals surface area (Å²) in [7, 11) is 0. The predicted molar refractivity (Wildman–Crippen MR) is 55.0 cm³/mol. The van der Waals surface area contributed by atoms with Gasteiger partial charge in [-0.25, -0.2) is 4.79 Å². The van der Waals surface area contributed by atoms with Crippen molar-refractivity contribution in [1.82, 2.24) is 5.16 Å². The van der Waals surface area contributed by atoms with Crippen LogP contribution >= 0.6 is 0 Å². The van der Waals surface area contributed by atoms with Crippen LogP contribution in [0.2, 0.25) is 0 Å². The maximum atomic E-state index is 10.7. The lowest BCUT2D eigenvalue weighted by Crippen LogP contribution is -1.94. The molecule has 0 aliphatic carbocycles. The Morgan fingerprint density at radius 2 is 2.06 bits per heavy atom. The molecular weight excluding hydrogens is 226 g/mol. The molecule has 17 heavy (non-hydrogen) atoms. The van der Waals surface area contributed by atoms with Crippen LogP contribution in [-0.2, 0) is 0 Å². The van der Waals surface area contributed by atoms with E-state index in [4.69, 9.17) is 19.1 Å². The van der Waals surface area contributed by atoms with Crippen molar-refractivity contribution in [2.75, 3.05) is 6.79 Å². The Kier molecular flexibility index (Phi) is 2.01. The standard InChI is InChI=1S/C11H7NO5/c13-11(14)7-4-9(17-12-7)6-1-2-8-10(3-6)16-5-15-8/h1-4H,5H2,(H,13,14). The Morgan fingerprint density at radius 1 is 1.24 bits per heavy atom. The Morgan fingerprint density at radius 3 is 2.82 bits per heavy atom. The summed E-state index contributed by atoms with van der Waals surface area (Å²) < 4.78 is 15.3. The Hall–Kier alpha value is -2.50. The van der Waals surface area contributed by atoms with Gasteiger partial charge in [-0.1, -0.05) is 5.16 Å². The number of rotatable bonds is 2. The fourth-order valence-corrected chi connectivity index (χ4v) is 1.56. The summed E-state index contributed by atoms with van der Waals surface area (Å²) in [4.78, 5) is 10.7. The van der Waals surface area contributed by atoms with E-state index in [0.717, 1.165) is 0 Å². The summed E-state index contributed by atoms with van der Waals surface area (Å²) in [5, 5.41) is 12.2. The molecule has 6 heteroatoms. The van der Waals surface area contributed by atoms with Crippen molar-refractivity contribution < 1.29 is 23.9 Å². The van der Waals surface area contributed by atoms with E-state index in [-0.39, 0.29) is 12.5 Å². The number of nitrogens with zero attached hydrogens (tertiary/aromatic N) is 1. The van der Waals surface area contributed by atoms with Crippen LogP contribution in [0, 0.1) is 0 Å². The lowest BCUT2D eigenvalue weighted by atomic mass is 10.1. The second kappa shape index (κ2) is 3.51. The van der Waals surface area contributed by atoms with Crippen LogP contribution in [0.15, 0.2) is 28.8 Å². The minimum absolute atomic E-state index is 0.127. The van der Waals surface area contributed by atoms with Crippen LogP contribution in [0.25, 0.3) is 11.3 Å². The highest BCUT2D eigenvalue weighted by Crippen LogP contribution is 2.35. The number of carboxylic acids is 1. The largest absolute Gasteiger partial charge is 0.476 e. The summed E-state index contributed by atoms with van der Waals surface area (Å²) in [5.41, 5.74) is 0.562. The Bertz CT molecular complexity index is 589. The van der Waals surface area contributed by atoms with E-state index >= 15 is 0 Å². The molecule has 0 amide bonds. The van der Waals surface area contributed by atoms with Gasteiger partial charge < -0.3 is 19.1 Å². The lowest BCUT2D eigenvalue weighted by molar-refractivity contribution is 0.0686. The minimum Gasteiger partial charge on any atom is -0.476 e. The molecule has 0 bridgehead atoms. The van der Waals surface area contributed by atoms with Gasteiger partial charge in [0.05, 0.1) is 0 Å². The van der Waals surface area contributed by atoms with Gasteiger partial charge in [0.2, 0.25) is 6.79 Å². The quantitative estimate of drug-likeness (QED) is 0.851. The van der Waals surface area contributed by atoms with E-state index in [1.54, 1.807) is 18.2 Å². The van der Waals surface area contributed by atoms with Gasteiger partial charge in [0, 0.05) is 11.6 Å². The third kappa shape index (κ3) is 1.59. The second-order valence-electron chi connectivity index (χ2n) is 3.45. The monoisotopic (exact) mass is 233 g/mol. The molecule has 1 aliphatic rings. The van der Waals surface area contributed by atoms with E-state index in [9.17, 15) is 4.79 Å². The molecule has 0 unspecified atom stereocenters. The lowest BCUT2D eigenvalue weighted by Gasteiger charge is -1.97. The summed E-state index contributed by atoms with van der Waals surface area (Å²) in [6, 6.07) is 6.56. The molecule has 0 atom stereocenters. The van der Waals surface area contributed by atoms with E-state index in [1.807, 2.05) is 0 Å². The normalized spacial score (nSPS) is 12.7. The number of carbonyl (C=O) groups is 1. The highest BCUT2D eigenvalue weighted by atomic mass is 16.7. The predicted octanol–water partition coefficient (Wildman–Crippen LogP) is 1.77. The topological polar surface area (TPSA) is 81.8 Å². The molecule has 1 N–H and O–H groups in total. The van der Waals surface area contributed by atoms with E-state index in [0.29, 0.717) is 22.8 Å². The first-order chi connectivity index (χ1) is 8.24. The maximum Gasteiger partial charge on any atom is 0.358 e. The summed E-state index contributed by atoms with van der Waals surface area (Å²) in [5.74, 6) is 0.518. The summed E-state index contributed by atoms with van der Waals surface area (Å²) in [6.45, 7) is 0.190. The molecule has 0 fully saturated rings. The zero-order chi connectivity index (χ0) is 11.8. The number of hydrogen-bond donors (Lipinski definition) is 1. The van der Waals surface area contributed by atoms with Crippen molar-refractivity contribution >= 4 is 5.97 Å². The first-order valence-electron chi connectivity index (χ1n) is 4.84. The number of hydrogen-bond acceptors (Lipinski definition) is 5. The van der Waals surface area contributed by atoms with Gasteiger partial charge in [0.15, 0.2) is 23.0 Å². The van der Waals surface area contributed by atoms with Crippen LogP contribution in [-0.4, -0.2) is 23.0 Å². The van der Waals surface area contributed by atoms with Gasteiger partial charge in [-0.2, -0.15) is 0 Å². The molecule has 0 saturated carbocycles. The average molecular weight is 233 g/mol. The number of fused-ring (bicyclic) bond motifs is 1. The zero-order valence-electron chi connectivity index (χ0n) is 8.54. The number of carboxylic acid groups (broad SMARTS) is 1. The molecule has 0 spiro atoms. The Labute approximate surface area is 95.4 Å². The molecule has 1 aliphatic heterocycles. The van der Waals surface area contributed by atoms with Gasteiger partial charge in [0.1, 0.15) is 0 Å². The van der Waals surface area contributed by atoms with Crippen LogP contribution < -0.4 is 9.47 Å². The fourth-order valence-electron chi connectivity index (χ4n) is 1.56. The molecule has 6 nitrogen and oxygen atoms in total. The van der Waals surface area contributed by atoms with E-state index < -0.39 is 5.97 Å². The van der Waals surface area contributed by atoms with E-state index in [1.165, 1.54) is 6.07 Å². The highest BCUT2D eigenvalue weighted by molar-refractivity contribution is 5.86. The third-order valence-electron chi connectivity index (χ3n) is 2.39. The minimum atomic E-state index is -1.12. The number of benzene rings is 1. The average Bonchev–Trinajstić information content (AvgIpc) is 2.97. The summed E-state index contributed by atoms with van der Waals surface area (Å²) in [6.07, 6.45) is 0. The SMILES string of the molecule is O=C(O)c1cc(-c2ccc3c(c2)OCO3)on1. The van der Waals surface area contributed by atoms with Crippen LogP contribution in [0.3, 0.4) is 0 Å². The molecule has 2 aromatic rings. The van der Waals surface area contributed by atoms with E-state index in [2.05, 4.69) is 5.16 Å². The molecule has 1 aromatic carbocycles. The molecule has 3 rings (SSSR count). The molecule has 0 saturated heterocycles. The third-order valence-corrected chi connectivity index (χ3v) is 2.39. The van der Waals surface area contributed by atoms with Crippen molar-refractivity contribution in [3.63, 3.8) is 0 Å². The fraction of sp³-hybridized carbons (Fsp3) is 0.0909. The number of ether oxygens (including phenoxy) is 2. The van der Waals surface area contributed by atoms with Crippen molar-refractivity contribution in [2.45, 2.75) is 0 Å². The molecule has 1 aromatic heterocycles. The van der Waals surface area contributed by atoms with Crippen molar-refractivity contribution in [3.8, 4) is 22.8 Å². The molecule has 0 radical (unpaired) electrons. The highest BCUT2D eigenvalue weighted by Gasteiger charge is 2.17. The van der Waals surface area contributed by atoms with Crippen LogP contribution in [0.4, 0.5) is 0 Å². The maximum absolute atomic E-state index is 10.7. The molecule has 86 valence electrons. The first kappa shape index (κ1) is 9.71. The smallest absolute Gasteiger partial charge is 0.358 e. The van der Waals surface area contributed by atoms with Gasteiger partial charge in [-0.05, 0) is 18.2 Å². The Balaban J connectivity index is 2.00. The van der Waals surface area contributed by atoms with Gasteiger partial charge in [-0.3, -0.25) is 0 Å². The van der Waals surface area contributed by atoms with Gasteiger partial charge in [-0.15, -0.1) is 0 Å². The number of aromatic carboxylic acids is 1. The van der Waals surface area contributed by atoms with Gasteiger partial charge in [0.25, 0.3) is 0 Å². The van der Waals surface area contributed by atoms with Crippen molar-refractivity contribution in [1.29, 1.82) is 0 Å². The second-order valence-corrected chi connectivity index (χ2v) is 3.45. The van der Waals surface area contributed by atoms with Gasteiger partial charge >= 0.3 is 5.97 Å². The summed E-state index contributed by atoms with van der Waals surface area (Å²) >= 11 is 0. The number of aromatic nitrogens is 1. The van der Waals surface area contributed by atoms with Crippen LogP contribution in [0.1, 0.15) is 10.5 Å². The molecular formula is C11H7NO5. The zero-order valence-corrected chi connectivity index (χ0v) is 8.54. The van der Waals surface area contributed by atoms with Crippen molar-refractivity contribution in [3.05, 3.63) is 30.0 Å².